The van der Waals surface area contributed by atoms with Crippen LogP contribution in [-0.2, 0) is 19.2 Å². The average molecular weight is 411 g/mol. The molecule has 0 spiro atoms. The predicted molar refractivity (Wildman–Crippen MR) is 107 cm³/mol. The highest BCUT2D eigenvalue weighted by Gasteiger charge is 2.57. The summed E-state index contributed by atoms with van der Waals surface area (Å²) in [6.45, 7) is 6.69. The summed E-state index contributed by atoms with van der Waals surface area (Å²) in [6.07, 6.45) is -2.86. The van der Waals surface area contributed by atoms with Gasteiger partial charge in [-0.2, -0.15) is 13.2 Å². The molecule has 1 heterocycles. The summed E-state index contributed by atoms with van der Waals surface area (Å²) >= 11 is 0. The lowest BCUT2D eigenvalue weighted by atomic mass is 9.97. The highest BCUT2D eigenvalue weighted by molar-refractivity contribution is 5.79. The second kappa shape index (κ2) is 9.30. The Balaban J connectivity index is 2.09. The highest BCUT2D eigenvalue weighted by Crippen LogP contribution is 2.40. The van der Waals surface area contributed by atoms with Crippen molar-refractivity contribution in [2.75, 3.05) is 13.1 Å². The van der Waals surface area contributed by atoms with E-state index in [-0.39, 0.29) is 6.54 Å². The number of imidazole rings is 1. The standard InChI is InChI=1S/C20H28F3N5O/c1-5-24-18(27-13-16-7-6-14(2)12-15(16)3)26-9-8-19(29,20(21,22)23)17-25-10-11-28(17)4/h6-7,10-12,29H,5,8-9,13H2,1-4H3,(H2,24,26,27). The third kappa shape index (κ3) is 5.50. The minimum Gasteiger partial charge on any atom is -0.374 e. The Hall–Kier alpha value is -2.55. The van der Waals surface area contributed by atoms with Crippen molar-refractivity contribution in [2.45, 2.75) is 45.5 Å². The van der Waals surface area contributed by atoms with E-state index in [4.69, 9.17) is 0 Å². The van der Waals surface area contributed by atoms with Crippen molar-refractivity contribution in [3.63, 3.8) is 0 Å². The number of rotatable bonds is 7. The van der Waals surface area contributed by atoms with Crippen molar-refractivity contribution < 1.29 is 18.3 Å². The molecule has 1 aromatic heterocycles. The van der Waals surface area contributed by atoms with Gasteiger partial charge in [-0.1, -0.05) is 23.8 Å². The lowest BCUT2D eigenvalue weighted by molar-refractivity contribution is -0.272. The number of aliphatic imine (C=N–C) groups is 1. The second-order valence-electron chi connectivity index (χ2n) is 7.02. The number of alkyl halides is 3. The fourth-order valence-electron chi connectivity index (χ4n) is 3.04. The number of hydrogen-bond donors (Lipinski definition) is 3. The molecule has 0 aliphatic rings. The van der Waals surface area contributed by atoms with E-state index in [9.17, 15) is 18.3 Å². The van der Waals surface area contributed by atoms with E-state index in [1.807, 2.05) is 32.9 Å². The van der Waals surface area contributed by atoms with Crippen LogP contribution in [0.1, 0.15) is 35.9 Å². The molecule has 9 heteroatoms. The number of aromatic nitrogens is 2. The first-order valence-corrected chi connectivity index (χ1v) is 9.43. The minimum absolute atomic E-state index is 0.137. The Morgan fingerprint density at radius 3 is 2.52 bits per heavy atom. The Bertz CT molecular complexity index is 847. The molecule has 0 saturated carbocycles. The van der Waals surface area contributed by atoms with Gasteiger partial charge < -0.3 is 20.3 Å². The summed E-state index contributed by atoms with van der Waals surface area (Å²) in [5, 5.41) is 16.3. The van der Waals surface area contributed by atoms with Crippen LogP contribution in [0.2, 0.25) is 0 Å². The zero-order chi connectivity index (χ0) is 21.7. The molecule has 0 bridgehead atoms. The third-order valence-corrected chi connectivity index (χ3v) is 4.69. The van der Waals surface area contributed by atoms with Gasteiger partial charge in [0.15, 0.2) is 5.96 Å². The zero-order valence-electron chi connectivity index (χ0n) is 17.1. The van der Waals surface area contributed by atoms with Gasteiger partial charge in [0.1, 0.15) is 5.82 Å². The number of aryl methyl sites for hydroxylation is 3. The topological polar surface area (TPSA) is 74.5 Å². The van der Waals surface area contributed by atoms with Crippen molar-refractivity contribution in [1.82, 2.24) is 20.2 Å². The lowest BCUT2D eigenvalue weighted by Gasteiger charge is -2.30. The van der Waals surface area contributed by atoms with Crippen molar-refractivity contribution in [3.8, 4) is 0 Å². The molecule has 1 atom stereocenters. The second-order valence-corrected chi connectivity index (χ2v) is 7.02. The van der Waals surface area contributed by atoms with E-state index < -0.39 is 24.0 Å². The molecule has 0 aliphatic heterocycles. The number of guanidine groups is 1. The van der Waals surface area contributed by atoms with E-state index in [1.54, 1.807) is 0 Å². The summed E-state index contributed by atoms with van der Waals surface area (Å²) in [7, 11) is 1.42. The number of benzene rings is 1. The maximum Gasteiger partial charge on any atom is 0.424 e. The average Bonchev–Trinajstić information content (AvgIpc) is 3.06. The number of nitrogens with one attached hydrogen (secondary N) is 2. The SMILES string of the molecule is CCNC(=NCc1ccc(C)cc1C)NCCC(O)(c1nccn1C)C(F)(F)F. The predicted octanol–water partition coefficient (Wildman–Crippen LogP) is 2.93. The normalized spacial score (nSPS) is 14.6. The number of nitrogens with zero attached hydrogens (tertiary/aromatic N) is 3. The van der Waals surface area contributed by atoms with Gasteiger partial charge in [0, 0.05) is 39.0 Å². The lowest BCUT2D eigenvalue weighted by Crippen LogP contribution is -2.47. The van der Waals surface area contributed by atoms with Crippen LogP contribution in [0.15, 0.2) is 35.6 Å². The monoisotopic (exact) mass is 411 g/mol. The Morgan fingerprint density at radius 2 is 1.97 bits per heavy atom. The van der Waals surface area contributed by atoms with E-state index in [2.05, 4.69) is 26.7 Å². The third-order valence-electron chi connectivity index (χ3n) is 4.69. The van der Waals surface area contributed by atoms with Crippen LogP contribution in [0.4, 0.5) is 13.2 Å². The molecule has 1 aromatic carbocycles. The van der Waals surface area contributed by atoms with Crippen LogP contribution in [-0.4, -0.2) is 39.9 Å². The van der Waals surface area contributed by atoms with Crippen molar-refractivity contribution in [3.05, 3.63) is 53.1 Å². The first kappa shape index (κ1) is 22.7. The molecule has 0 aliphatic carbocycles. The minimum atomic E-state index is -4.86. The molecular formula is C20H28F3N5O. The summed E-state index contributed by atoms with van der Waals surface area (Å²) in [5.41, 5.74) is 0.239. The molecule has 6 nitrogen and oxygen atoms in total. The summed E-state index contributed by atoms with van der Waals surface area (Å²) in [6, 6.07) is 6.04. The number of aliphatic hydroxyl groups is 1. The molecular weight excluding hydrogens is 383 g/mol. The quantitative estimate of drug-likeness (QED) is 0.484. The fraction of sp³-hybridized carbons (Fsp3) is 0.500. The maximum atomic E-state index is 13.6. The summed E-state index contributed by atoms with van der Waals surface area (Å²) < 4.78 is 41.9. The zero-order valence-corrected chi connectivity index (χ0v) is 17.1. The largest absolute Gasteiger partial charge is 0.424 e. The summed E-state index contributed by atoms with van der Waals surface area (Å²) in [4.78, 5) is 8.15. The molecule has 2 aromatic rings. The van der Waals surface area contributed by atoms with Crippen molar-refractivity contribution in [2.24, 2.45) is 12.0 Å². The molecule has 29 heavy (non-hydrogen) atoms. The van der Waals surface area contributed by atoms with Gasteiger partial charge in [-0.25, -0.2) is 9.98 Å². The van der Waals surface area contributed by atoms with Gasteiger partial charge in [0.05, 0.1) is 6.54 Å². The van der Waals surface area contributed by atoms with Gasteiger partial charge in [0.25, 0.3) is 0 Å². The van der Waals surface area contributed by atoms with Crippen LogP contribution in [0.5, 0.6) is 0 Å². The van der Waals surface area contributed by atoms with Gasteiger partial charge in [-0.05, 0) is 31.9 Å². The van der Waals surface area contributed by atoms with Crippen LogP contribution >= 0.6 is 0 Å². The highest BCUT2D eigenvalue weighted by atomic mass is 19.4. The van der Waals surface area contributed by atoms with Crippen LogP contribution in [0, 0.1) is 13.8 Å². The van der Waals surface area contributed by atoms with E-state index >= 15 is 0 Å². The molecule has 0 saturated heterocycles. The van der Waals surface area contributed by atoms with E-state index in [1.165, 1.54) is 24.0 Å². The van der Waals surface area contributed by atoms with Crippen LogP contribution in [0.3, 0.4) is 0 Å². The Kier molecular flexibility index (Phi) is 7.29. The maximum absolute atomic E-state index is 13.6. The van der Waals surface area contributed by atoms with Crippen LogP contribution in [0.25, 0.3) is 0 Å². The van der Waals surface area contributed by atoms with Crippen molar-refractivity contribution >= 4 is 5.96 Å². The van der Waals surface area contributed by atoms with E-state index in [0.717, 1.165) is 16.7 Å². The van der Waals surface area contributed by atoms with Gasteiger partial charge in [0.2, 0.25) is 5.60 Å². The molecule has 2 rings (SSSR count). The van der Waals surface area contributed by atoms with Crippen molar-refractivity contribution in [1.29, 1.82) is 0 Å². The first-order valence-electron chi connectivity index (χ1n) is 9.43. The molecule has 160 valence electrons. The fourth-order valence-corrected chi connectivity index (χ4v) is 3.04. The molecule has 0 radical (unpaired) electrons. The van der Waals surface area contributed by atoms with Gasteiger partial charge in [-0.15, -0.1) is 0 Å². The van der Waals surface area contributed by atoms with Crippen LogP contribution < -0.4 is 10.6 Å². The number of halogens is 3. The molecule has 1 unspecified atom stereocenters. The molecule has 0 fully saturated rings. The Morgan fingerprint density at radius 1 is 1.24 bits per heavy atom. The van der Waals surface area contributed by atoms with Gasteiger partial charge in [-0.3, -0.25) is 0 Å². The smallest absolute Gasteiger partial charge is 0.374 e. The molecule has 3 N–H and O–H groups in total. The summed E-state index contributed by atoms with van der Waals surface area (Å²) in [5.74, 6) is -0.0548. The first-order chi connectivity index (χ1) is 13.6. The Labute approximate surface area is 168 Å². The molecule has 0 amide bonds. The number of hydrogen-bond acceptors (Lipinski definition) is 3. The van der Waals surface area contributed by atoms with E-state index in [0.29, 0.717) is 19.0 Å². The van der Waals surface area contributed by atoms with Gasteiger partial charge >= 0.3 is 6.18 Å².